The van der Waals surface area contributed by atoms with Crippen molar-refractivity contribution in [2.45, 2.75) is 18.7 Å². The van der Waals surface area contributed by atoms with Crippen molar-refractivity contribution in [1.29, 1.82) is 0 Å². The predicted octanol–water partition coefficient (Wildman–Crippen LogP) is 2.48. The zero-order valence-electron chi connectivity index (χ0n) is 11.2. The summed E-state index contributed by atoms with van der Waals surface area (Å²) in [5.41, 5.74) is 2.54. The molecular weight excluding hydrogens is 300 g/mol. The minimum atomic E-state index is -3.50. The summed E-state index contributed by atoms with van der Waals surface area (Å²) in [5.74, 6) is 0.939. The van der Waals surface area contributed by atoms with Crippen molar-refractivity contribution in [2.75, 3.05) is 12.4 Å². The maximum Gasteiger partial charge on any atom is 0.240 e. The van der Waals surface area contributed by atoms with Gasteiger partial charge in [0, 0.05) is 18.0 Å². The van der Waals surface area contributed by atoms with Crippen LogP contribution in [0.1, 0.15) is 11.5 Å². The van der Waals surface area contributed by atoms with Gasteiger partial charge in [0.1, 0.15) is 5.76 Å². The number of hydrogen-bond donors (Lipinski definition) is 1. The van der Waals surface area contributed by atoms with Gasteiger partial charge in [-0.05, 0) is 31.5 Å². The first-order valence-corrected chi connectivity index (χ1v) is 8.06. The molecule has 0 saturated heterocycles. The number of aromatic nitrogens is 1. The highest BCUT2D eigenvalue weighted by Gasteiger charge is 2.15. The molecule has 1 N–H and O–H groups in total. The van der Waals surface area contributed by atoms with Crippen LogP contribution in [-0.4, -0.2) is 26.0 Å². The molecule has 0 fully saturated rings. The lowest BCUT2D eigenvalue weighted by molar-refractivity contribution is 0.393. The van der Waals surface area contributed by atoms with Crippen LogP contribution in [0.15, 0.2) is 33.7 Å². The highest BCUT2D eigenvalue weighted by molar-refractivity contribution is 7.89. The molecule has 0 aliphatic rings. The monoisotopic (exact) mass is 314 g/mol. The average Bonchev–Trinajstić information content (AvgIpc) is 2.76. The molecule has 7 heteroatoms. The van der Waals surface area contributed by atoms with E-state index in [0.29, 0.717) is 5.76 Å². The minimum absolute atomic E-state index is 0.204. The Hall–Kier alpha value is -1.37. The molecule has 2 aromatic rings. The quantitative estimate of drug-likeness (QED) is 0.861. The van der Waals surface area contributed by atoms with Gasteiger partial charge >= 0.3 is 0 Å². The maximum absolute atomic E-state index is 11.9. The zero-order valence-corrected chi connectivity index (χ0v) is 12.8. The Morgan fingerprint density at radius 3 is 2.40 bits per heavy atom. The van der Waals surface area contributed by atoms with Crippen LogP contribution in [0.3, 0.4) is 0 Å². The minimum Gasteiger partial charge on any atom is -0.361 e. The summed E-state index contributed by atoms with van der Waals surface area (Å²) >= 11 is 5.48. The molecule has 2 rings (SSSR count). The average molecular weight is 315 g/mol. The predicted molar refractivity (Wildman–Crippen MR) is 77.3 cm³/mol. The Morgan fingerprint density at radius 1 is 1.25 bits per heavy atom. The smallest absolute Gasteiger partial charge is 0.240 e. The van der Waals surface area contributed by atoms with E-state index >= 15 is 0 Å². The fraction of sp³-hybridized carbons (Fsp3) is 0.308. The maximum atomic E-state index is 11.9. The van der Waals surface area contributed by atoms with Crippen LogP contribution < -0.4 is 4.72 Å². The van der Waals surface area contributed by atoms with Gasteiger partial charge in [0.25, 0.3) is 0 Å². The lowest BCUT2D eigenvalue weighted by atomic mass is 10.0. The number of halogens is 1. The lowest BCUT2D eigenvalue weighted by Crippen LogP contribution is -2.25. The zero-order chi connectivity index (χ0) is 14.8. The Labute approximate surface area is 123 Å². The largest absolute Gasteiger partial charge is 0.361 e. The van der Waals surface area contributed by atoms with Gasteiger partial charge in [0.2, 0.25) is 10.0 Å². The molecule has 1 aromatic heterocycles. The lowest BCUT2D eigenvalue weighted by Gasteiger charge is -2.06. The molecule has 1 aromatic carbocycles. The summed E-state index contributed by atoms with van der Waals surface area (Å²) in [4.78, 5) is 0.207. The first-order valence-electron chi connectivity index (χ1n) is 6.04. The fourth-order valence-electron chi connectivity index (χ4n) is 1.95. The Morgan fingerprint density at radius 2 is 1.90 bits per heavy atom. The van der Waals surface area contributed by atoms with Crippen molar-refractivity contribution < 1.29 is 12.9 Å². The van der Waals surface area contributed by atoms with E-state index in [1.54, 1.807) is 24.3 Å². The second-order valence-corrected chi connectivity index (χ2v) is 6.46. The van der Waals surface area contributed by atoms with Gasteiger partial charge in [-0.25, -0.2) is 13.1 Å². The molecule has 20 heavy (non-hydrogen) atoms. The van der Waals surface area contributed by atoms with Gasteiger partial charge in [-0.2, -0.15) is 0 Å². The van der Waals surface area contributed by atoms with Crippen LogP contribution in [0.25, 0.3) is 11.1 Å². The molecule has 0 bridgehead atoms. The number of nitrogens with one attached hydrogen (secondary N) is 1. The van der Waals surface area contributed by atoms with Gasteiger partial charge in [-0.3, -0.25) is 0 Å². The number of alkyl halides is 1. The van der Waals surface area contributed by atoms with Crippen molar-refractivity contribution in [3.63, 3.8) is 0 Å². The summed E-state index contributed by atoms with van der Waals surface area (Å²) < 4.78 is 31.4. The van der Waals surface area contributed by atoms with Crippen LogP contribution in [0.5, 0.6) is 0 Å². The van der Waals surface area contributed by atoms with Crippen molar-refractivity contribution >= 4 is 21.6 Å². The molecule has 0 aliphatic heterocycles. The molecule has 5 nitrogen and oxygen atoms in total. The van der Waals surface area contributed by atoms with E-state index in [2.05, 4.69) is 9.88 Å². The van der Waals surface area contributed by atoms with E-state index < -0.39 is 10.0 Å². The topological polar surface area (TPSA) is 72.2 Å². The van der Waals surface area contributed by atoms with Crippen molar-refractivity contribution in [3.8, 4) is 11.1 Å². The molecule has 1 heterocycles. The SMILES string of the molecule is Cc1noc(C)c1-c1ccc(S(=O)(=O)NCCCl)cc1. The third kappa shape index (κ3) is 3.03. The number of rotatable bonds is 5. The van der Waals surface area contributed by atoms with E-state index in [0.717, 1.165) is 16.8 Å². The molecule has 0 aliphatic carbocycles. The Kier molecular flexibility index (Phi) is 4.47. The molecule has 108 valence electrons. The standard InChI is InChI=1S/C13H15ClN2O3S/c1-9-13(10(2)19-16-9)11-3-5-12(6-4-11)20(17,18)15-8-7-14/h3-6,15H,7-8H2,1-2H3. The summed E-state index contributed by atoms with van der Waals surface area (Å²) in [6.07, 6.45) is 0. The molecule has 0 radical (unpaired) electrons. The van der Waals surface area contributed by atoms with Gasteiger partial charge in [-0.1, -0.05) is 17.3 Å². The van der Waals surface area contributed by atoms with E-state index in [1.165, 1.54) is 0 Å². The molecular formula is C13H15ClN2O3S. The number of sulfonamides is 1. The summed E-state index contributed by atoms with van der Waals surface area (Å²) in [6.45, 7) is 3.87. The van der Waals surface area contributed by atoms with Crippen molar-refractivity contribution in [1.82, 2.24) is 9.88 Å². The summed E-state index contributed by atoms with van der Waals surface area (Å²) in [7, 11) is -3.50. The highest BCUT2D eigenvalue weighted by atomic mass is 35.5. The normalized spacial score (nSPS) is 11.8. The van der Waals surface area contributed by atoms with Crippen molar-refractivity contribution in [2.24, 2.45) is 0 Å². The van der Waals surface area contributed by atoms with Gasteiger partial charge in [0.15, 0.2) is 0 Å². The van der Waals surface area contributed by atoms with Gasteiger partial charge < -0.3 is 4.52 Å². The molecule has 0 unspecified atom stereocenters. The fourth-order valence-corrected chi connectivity index (χ4v) is 3.19. The Bertz CT molecular complexity index is 673. The van der Waals surface area contributed by atoms with Crippen LogP contribution in [-0.2, 0) is 10.0 Å². The van der Waals surface area contributed by atoms with Crippen LogP contribution in [0.2, 0.25) is 0 Å². The van der Waals surface area contributed by atoms with E-state index in [9.17, 15) is 8.42 Å². The van der Waals surface area contributed by atoms with Crippen LogP contribution >= 0.6 is 11.6 Å². The number of benzene rings is 1. The first kappa shape index (κ1) is 15.0. The first-order chi connectivity index (χ1) is 9.45. The Balaban J connectivity index is 2.32. The van der Waals surface area contributed by atoms with Crippen LogP contribution in [0, 0.1) is 13.8 Å². The highest BCUT2D eigenvalue weighted by Crippen LogP contribution is 2.27. The van der Waals surface area contributed by atoms with Crippen molar-refractivity contribution in [3.05, 3.63) is 35.7 Å². The summed E-state index contributed by atoms with van der Waals surface area (Å²) in [6, 6.07) is 6.58. The second-order valence-electron chi connectivity index (χ2n) is 4.31. The van der Waals surface area contributed by atoms with E-state index in [4.69, 9.17) is 16.1 Å². The second kappa shape index (κ2) is 5.95. The number of hydrogen-bond acceptors (Lipinski definition) is 4. The molecule has 0 atom stereocenters. The van der Waals surface area contributed by atoms with E-state index in [-0.39, 0.29) is 17.3 Å². The third-order valence-electron chi connectivity index (χ3n) is 2.87. The molecule has 0 saturated carbocycles. The van der Waals surface area contributed by atoms with Gasteiger partial charge in [-0.15, -0.1) is 11.6 Å². The third-order valence-corrected chi connectivity index (χ3v) is 4.54. The van der Waals surface area contributed by atoms with Crippen LogP contribution in [0.4, 0.5) is 0 Å². The molecule has 0 spiro atoms. The summed E-state index contributed by atoms with van der Waals surface area (Å²) in [5, 5.41) is 3.88. The van der Waals surface area contributed by atoms with Gasteiger partial charge in [0.05, 0.1) is 10.6 Å². The number of aryl methyl sites for hydroxylation is 2. The molecule has 0 amide bonds. The number of nitrogens with zero attached hydrogens (tertiary/aromatic N) is 1. The van der Waals surface area contributed by atoms with E-state index in [1.807, 2.05) is 13.8 Å².